The van der Waals surface area contributed by atoms with E-state index in [-0.39, 0.29) is 56.4 Å². The average molecular weight is 1680 g/mol. The molecule has 0 spiro atoms. The minimum atomic E-state index is -1.00. The molecule has 0 bridgehead atoms. The summed E-state index contributed by atoms with van der Waals surface area (Å²) >= 11 is 6.38. The molecule has 3 aromatic heterocycles. The molecular weight excluding hydrogens is 1600 g/mol. The van der Waals surface area contributed by atoms with Gasteiger partial charge in [-0.3, -0.25) is 4.39 Å². The van der Waals surface area contributed by atoms with Crippen LogP contribution in [0.4, 0.5) is 21.5 Å². The van der Waals surface area contributed by atoms with E-state index in [9.17, 15) is 25.3 Å². The summed E-state index contributed by atoms with van der Waals surface area (Å²) in [4.78, 5) is 15.5. The maximum atomic E-state index is 11.1. The zero-order valence-corrected chi connectivity index (χ0v) is 73.8. The van der Waals surface area contributed by atoms with Crippen LogP contribution in [0.3, 0.4) is 0 Å². The smallest absolute Gasteiger partial charge is 0.850 e. The third-order valence-electron chi connectivity index (χ3n) is 22.7. The number of nitriles is 3. The van der Waals surface area contributed by atoms with Gasteiger partial charge < -0.3 is 19.2 Å². The number of halogens is 2. The van der Waals surface area contributed by atoms with Gasteiger partial charge in [0, 0.05) is 43.4 Å². The summed E-state index contributed by atoms with van der Waals surface area (Å²) in [5.74, 6) is 0. The van der Waals surface area contributed by atoms with Gasteiger partial charge in [-0.25, -0.2) is 14.5 Å². The van der Waals surface area contributed by atoms with Crippen LogP contribution in [0.25, 0.3) is 191 Å². The van der Waals surface area contributed by atoms with Crippen molar-refractivity contribution in [3.63, 3.8) is 0 Å². The SMILES string of the molecule is CC(C)(C)[O-].[2H]CF.[C-]#[N+]c1c(-c2ccccc2)cc(-c2ccccc2)c(C#N)c1-n1c2ccccc2c2cc(-c3ccc4c(c3)c3ccccc3n4-c3c(C#N)c(-c4ccccc4)cc(-c4ccccc4)c3[N+]#[C-])ccc21.[C-]#[N+]c1c(-c2ccccc2)cc(-c2ccccc2)c(C#N)c1Cl.[K+].c1ccc2c(c1)Cc1ccc(-c3ccc4[nH]c5ccccc5c4c3)cc1-2. The molecule has 0 unspecified atom stereocenters. The van der Waals surface area contributed by atoms with Crippen LogP contribution in [0.15, 0.2) is 370 Å². The van der Waals surface area contributed by atoms with Crippen LogP contribution in [-0.2, 0) is 6.42 Å². The van der Waals surface area contributed by atoms with Gasteiger partial charge in [-0.15, -0.1) is 5.60 Å². The van der Waals surface area contributed by atoms with Crippen molar-refractivity contribution in [2.75, 3.05) is 7.15 Å². The Morgan fingerprint density at radius 1 is 0.339 bits per heavy atom. The molecule has 0 saturated carbocycles. The molecule has 0 aliphatic heterocycles. The number of benzene rings is 17. The predicted octanol–water partition coefficient (Wildman–Crippen LogP) is 27.5. The van der Waals surface area contributed by atoms with Crippen molar-refractivity contribution in [1.29, 1.82) is 15.8 Å². The van der Waals surface area contributed by atoms with Crippen molar-refractivity contribution in [2.45, 2.75) is 32.8 Å². The number of hydrogen-bond donors (Lipinski definition) is 1. The van der Waals surface area contributed by atoms with Gasteiger partial charge in [0.1, 0.15) is 12.1 Å². The van der Waals surface area contributed by atoms with Gasteiger partial charge in [-0.05, 0) is 178 Å². The number of nitrogens with zero attached hydrogens (tertiary/aromatic N) is 8. The quantitative estimate of drug-likeness (QED) is 0.108. The van der Waals surface area contributed by atoms with Crippen LogP contribution in [0.2, 0.25) is 5.02 Å². The third-order valence-corrected chi connectivity index (χ3v) is 23.1. The van der Waals surface area contributed by atoms with Crippen LogP contribution >= 0.6 is 11.6 Å². The summed E-state index contributed by atoms with van der Waals surface area (Å²) in [6.45, 7) is 29.7. The Labute approximate surface area is 785 Å². The average Bonchev–Trinajstić information content (AvgIpc) is 1.56. The number of para-hydroxylation sites is 3. The second-order valence-electron chi connectivity index (χ2n) is 31.4. The molecule has 3 heterocycles. The number of nitrogens with one attached hydrogen (secondary N) is 1. The first-order chi connectivity index (χ1) is 62.1. The topological polar surface area (TPSA) is 133 Å². The Bertz CT molecular complexity index is 7410. The molecule has 0 saturated heterocycles. The number of aromatic nitrogens is 3. The minimum absolute atomic E-state index is 0. The summed E-state index contributed by atoms with van der Waals surface area (Å²) in [5.41, 5.74) is 28.6. The molecule has 0 fully saturated rings. The van der Waals surface area contributed by atoms with E-state index in [1.54, 1.807) is 20.8 Å². The van der Waals surface area contributed by atoms with Crippen molar-refractivity contribution in [2.24, 2.45) is 0 Å². The number of alkyl halides is 1. The van der Waals surface area contributed by atoms with Crippen LogP contribution in [0, 0.1) is 53.7 Å². The molecule has 0 atom stereocenters. The fraction of sp³-hybridized carbons (Fsp3) is 0.0526. The van der Waals surface area contributed by atoms with Gasteiger partial charge in [-0.1, -0.05) is 342 Å². The second-order valence-corrected chi connectivity index (χ2v) is 31.8. The zero-order chi connectivity index (χ0) is 87.8. The second kappa shape index (κ2) is 37.5. The van der Waals surface area contributed by atoms with Gasteiger partial charge in [0.25, 0.3) is 0 Å². The van der Waals surface area contributed by atoms with Crippen molar-refractivity contribution < 1.29 is 62.3 Å². The Morgan fingerprint density at radius 2 is 0.646 bits per heavy atom. The minimum Gasteiger partial charge on any atom is -0.850 e. The predicted molar refractivity (Wildman–Crippen MR) is 514 cm³/mol. The molecule has 0 amide bonds. The number of aromatic amines is 1. The number of H-pyrrole nitrogens is 1. The van der Waals surface area contributed by atoms with Crippen LogP contribution in [-0.4, -0.2) is 26.9 Å². The van der Waals surface area contributed by atoms with Crippen molar-refractivity contribution in [3.05, 3.63) is 437 Å². The summed E-state index contributed by atoms with van der Waals surface area (Å²) in [7, 11) is -1.00. The molecule has 1 aliphatic carbocycles. The molecule has 17 aromatic carbocycles. The fourth-order valence-corrected chi connectivity index (χ4v) is 17.5. The van der Waals surface area contributed by atoms with Crippen molar-refractivity contribution in [1.82, 2.24) is 14.1 Å². The Balaban J connectivity index is 0.000000167. The molecule has 127 heavy (non-hydrogen) atoms. The van der Waals surface area contributed by atoms with Crippen molar-refractivity contribution >= 4 is 94.1 Å². The Morgan fingerprint density at radius 3 is 1.06 bits per heavy atom. The molecule has 21 rings (SSSR count). The number of rotatable bonds is 10. The fourth-order valence-electron chi connectivity index (χ4n) is 17.2. The van der Waals surface area contributed by atoms with Crippen LogP contribution in [0.5, 0.6) is 0 Å². The molecule has 20 aromatic rings. The zero-order valence-electron chi connectivity index (χ0n) is 70.9. The maximum absolute atomic E-state index is 11.1. The third kappa shape index (κ3) is 16.7. The molecular formula is C114H76ClFKN9O. The van der Waals surface area contributed by atoms with Gasteiger partial charge in [-0.2, -0.15) is 15.8 Å². The van der Waals surface area contributed by atoms with Crippen LogP contribution < -0.4 is 56.5 Å². The first kappa shape index (κ1) is 84.1. The van der Waals surface area contributed by atoms with E-state index in [1.807, 2.05) is 224 Å². The molecule has 1 aliphatic rings. The first-order valence-corrected chi connectivity index (χ1v) is 41.3. The van der Waals surface area contributed by atoms with E-state index in [0.717, 1.165) is 128 Å². The van der Waals surface area contributed by atoms with Gasteiger partial charge >= 0.3 is 51.4 Å². The summed E-state index contributed by atoms with van der Waals surface area (Å²) in [6.07, 6.45) is 1.05. The number of fused-ring (bicyclic) bond motifs is 12. The summed E-state index contributed by atoms with van der Waals surface area (Å²) in [5, 5.41) is 48.6. The first-order valence-electron chi connectivity index (χ1n) is 41.6. The summed E-state index contributed by atoms with van der Waals surface area (Å²) < 4.78 is 19.7. The molecule has 0 radical (unpaired) electrons. The summed E-state index contributed by atoms with van der Waals surface area (Å²) in [6, 6.07) is 132. The van der Waals surface area contributed by atoms with E-state index in [1.165, 1.54) is 55.2 Å². The monoisotopic (exact) mass is 1680 g/mol. The molecule has 598 valence electrons. The Hall–Kier alpha value is -15.1. The van der Waals surface area contributed by atoms with Gasteiger partial charge in [0.15, 0.2) is 0 Å². The largest absolute Gasteiger partial charge is 1.00 e. The standard InChI is InChI=1S/C64H36N6.C25H17N.C20H11ClN2.C4H9O.CH3F.K/c1-67-61-51(43-23-11-5-12-24-43)37-49(41-19-7-3-8-20-41)55(39-65)63(61)69-57-29-17-15-27-47(57)53-35-45(31-33-59(53)69)46-32-34-60-54(36-46)48-28-16-18-30-58(48)70(60)64-56(40-66)50(42-21-9-4-10-22-42)38-52(62(64)68-2)44-25-13-6-14-26-44;1-2-6-20-18(5-1)13-19-10-9-16(14-22(19)20)17-11-12-25-23(15-17)21-7-3-4-8-24(21)26-25;1-23-20-17(15-10-6-3-7-11-15)12-16(18(13-22)19(20)21)14-8-4-2-5-9-14;1-4(2,3)5;1-2;/h3-38H;1-12,14-15,26H,13H2;2-12H;1-3H3;1H3;/q;;;-1;;+1/i;;;;1D;. The van der Waals surface area contributed by atoms with Crippen LogP contribution in [0.1, 0.15) is 50.0 Å². The molecule has 1 N–H and O–H groups in total. The van der Waals surface area contributed by atoms with Crippen molar-refractivity contribution in [3.8, 4) is 130 Å². The normalized spacial score (nSPS) is 11.1. The molecule has 10 nitrogen and oxygen atoms in total. The van der Waals surface area contributed by atoms with E-state index in [2.05, 4.69) is 192 Å². The van der Waals surface area contributed by atoms with Gasteiger partial charge in [0.05, 0.1) is 89.5 Å². The molecule has 13 heteroatoms. The maximum Gasteiger partial charge on any atom is 1.00 e. The number of hydrogen-bond acceptors (Lipinski definition) is 4. The van der Waals surface area contributed by atoms with Gasteiger partial charge in [0.2, 0.25) is 17.1 Å². The Kier molecular flexibility index (Phi) is 24.9. The van der Waals surface area contributed by atoms with E-state index < -0.39 is 12.8 Å². The van der Waals surface area contributed by atoms with E-state index >= 15 is 0 Å². The van der Waals surface area contributed by atoms with E-state index in [4.69, 9.17) is 32.7 Å². The van der Waals surface area contributed by atoms with E-state index in [0.29, 0.717) is 45.1 Å².